The van der Waals surface area contributed by atoms with Gasteiger partial charge in [0.25, 0.3) is 5.56 Å². The highest BCUT2D eigenvalue weighted by atomic mass is 32.2. The number of hydrogen-bond donors (Lipinski definition) is 2. The first kappa shape index (κ1) is 22.0. The molecule has 1 heterocycles. The minimum absolute atomic E-state index is 0.126. The van der Waals surface area contributed by atoms with E-state index in [2.05, 4.69) is 15.6 Å². The van der Waals surface area contributed by atoms with Gasteiger partial charge < -0.3 is 10.1 Å². The Balaban J connectivity index is 1.86. The van der Waals surface area contributed by atoms with Crippen LogP contribution in [0, 0.1) is 11.3 Å². The van der Waals surface area contributed by atoms with Gasteiger partial charge in [-0.1, -0.05) is 23.9 Å². The number of imide groups is 1. The molecule has 1 aromatic heterocycles. The number of carbonyl (C=O) groups excluding carboxylic acids is 2. The van der Waals surface area contributed by atoms with Crippen LogP contribution in [0.15, 0.2) is 58.5 Å². The highest BCUT2D eigenvalue weighted by Crippen LogP contribution is 2.21. The van der Waals surface area contributed by atoms with E-state index < -0.39 is 11.9 Å². The van der Waals surface area contributed by atoms with E-state index in [4.69, 9.17) is 10.00 Å². The number of para-hydroxylation sites is 1. The summed E-state index contributed by atoms with van der Waals surface area (Å²) in [6, 6.07) is 14.8. The third-order valence-corrected chi connectivity index (χ3v) is 5.12. The van der Waals surface area contributed by atoms with E-state index in [1.54, 1.807) is 48.5 Å². The van der Waals surface area contributed by atoms with E-state index in [0.29, 0.717) is 33.9 Å². The smallest absolute Gasteiger partial charge is 0.321 e. The number of rotatable bonds is 7. The second-order valence-electron chi connectivity index (χ2n) is 6.30. The molecular formula is C21H19N5O4S. The predicted molar refractivity (Wildman–Crippen MR) is 116 cm³/mol. The maximum atomic E-state index is 13.1. The maximum absolute atomic E-state index is 13.1. The number of methoxy groups -OCH3 is 1. The van der Waals surface area contributed by atoms with Crippen molar-refractivity contribution in [3.05, 3.63) is 64.4 Å². The Labute approximate surface area is 182 Å². The quantitative estimate of drug-likeness (QED) is 0.328. The van der Waals surface area contributed by atoms with Crippen LogP contribution in [0.4, 0.5) is 4.79 Å². The van der Waals surface area contributed by atoms with Crippen LogP contribution in [-0.4, -0.2) is 47.5 Å². The minimum Gasteiger partial charge on any atom is -0.383 e. The first-order valence-electron chi connectivity index (χ1n) is 9.25. The monoisotopic (exact) mass is 437 g/mol. The third kappa shape index (κ3) is 5.48. The second kappa shape index (κ2) is 10.4. The fourth-order valence-corrected chi connectivity index (χ4v) is 3.54. The molecule has 31 heavy (non-hydrogen) atoms. The van der Waals surface area contributed by atoms with Crippen LogP contribution in [0.25, 0.3) is 16.6 Å². The summed E-state index contributed by atoms with van der Waals surface area (Å²) in [7, 11) is 1.51. The van der Waals surface area contributed by atoms with Gasteiger partial charge in [-0.15, -0.1) is 0 Å². The Morgan fingerprint density at radius 2 is 1.94 bits per heavy atom. The zero-order chi connectivity index (χ0) is 22.2. The summed E-state index contributed by atoms with van der Waals surface area (Å²) >= 11 is 1.03. The lowest BCUT2D eigenvalue weighted by atomic mass is 10.2. The maximum Gasteiger partial charge on any atom is 0.321 e. The van der Waals surface area contributed by atoms with Crippen LogP contribution in [-0.2, 0) is 9.53 Å². The summed E-state index contributed by atoms with van der Waals surface area (Å²) in [5.41, 5.74) is 1.18. The number of aromatic nitrogens is 2. The van der Waals surface area contributed by atoms with Gasteiger partial charge in [0.15, 0.2) is 5.16 Å². The fourth-order valence-electron chi connectivity index (χ4n) is 2.73. The molecule has 0 aliphatic heterocycles. The Morgan fingerprint density at radius 1 is 1.19 bits per heavy atom. The SMILES string of the molecule is COCCNC(=O)NC(=O)CSc1nc2ccccc2c(=O)n1-c1ccc(C#N)cc1. The molecule has 2 aromatic carbocycles. The lowest BCUT2D eigenvalue weighted by Gasteiger charge is -2.13. The Morgan fingerprint density at radius 3 is 2.65 bits per heavy atom. The van der Waals surface area contributed by atoms with Gasteiger partial charge in [-0.05, 0) is 36.4 Å². The zero-order valence-corrected chi connectivity index (χ0v) is 17.4. The highest BCUT2D eigenvalue weighted by molar-refractivity contribution is 7.99. The molecule has 0 aliphatic carbocycles. The van der Waals surface area contributed by atoms with Crippen LogP contribution >= 0.6 is 11.8 Å². The van der Waals surface area contributed by atoms with E-state index in [1.165, 1.54) is 11.7 Å². The van der Waals surface area contributed by atoms with Gasteiger partial charge in [0.2, 0.25) is 5.91 Å². The molecule has 3 amide bonds. The summed E-state index contributed by atoms with van der Waals surface area (Å²) in [4.78, 5) is 41.5. The van der Waals surface area contributed by atoms with Crippen molar-refractivity contribution >= 4 is 34.6 Å². The molecule has 0 unspecified atom stereocenters. The molecule has 0 fully saturated rings. The number of ether oxygens (including phenoxy) is 1. The molecule has 3 rings (SSSR count). The first-order chi connectivity index (χ1) is 15.0. The first-order valence-corrected chi connectivity index (χ1v) is 10.2. The lowest BCUT2D eigenvalue weighted by Crippen LogP contribution is -2.41. The number of nitriles is 1. The van der Waals surface area contributed by atoms with Gasteiger partial charge in [-0.3, -0.25) is 19.5 Å². The number of nitrogens with zero attached hydrogens (tertiary/aromatic N) is 3. The van der Waals surface area contributed by atoms with Crippen LogP contribution in [0.2, 0.25) is 0 Å². The van der Waals surface area contributed by atoms with E-state index in [1.807, 2.05) is 6.07 Å². The summed E-state index contributed by atoms with van der Waals surface area (Å²) in [5.74, 6) is -0.660. The Kier molecular flexibility index (Phi) is 7.37. The second-order valence-corrected chi connectivity index (χ2v) is 7.24. The average molecular weight is 437 g/mol. The van der Waals surface area contributed by atoms with Crippen molar-refractivity contribution in [2.24, 2.45) is 0 Å². The summed E-state index contributed by atoms with van der Waals surface area (Å²) in [6.45, 7) is 0.599. The van der Waals surface area contributed by atoms with Gasteiger partial charge in [0.1, 0.15) is 0 Å². The summed E-state index contributed by atoms with van der Waals surface area (Å²) < 4.78 is 6.22. The number of fused-ring (bicyclic) bond motifs is 1. The van der Waals surface area contributed by atoms with Gasteiger partial charge in [0, 0.05) is 13.7 Å². The molecule has 0 saturated heterocycles. The number of hydrogen-bond acceptors (Lipinski definition) is 7. The molecular weight excluding hydrogens is 418 g/mol. The standard InChI is InChI=1S/C21H19N5O4S/c1-30-11-10-23-20(29)25-18(27)13-31-21-24-17-5-3-2-4-16(17)19(28)26(21)15-8-6-14(12-22)7-9-15/h2-9H,10-11,13H2,1H3,(H2,23,25,27,29). The normalized spacial score (nSPS) is 10.5. The van der Waals surface area contributed by atoms with Gasteiger partial charge in [-0.2, -0.15) is 5.26 Å². The van der Waals surface area contributed by atoms with E-state index in [0.717, 1.165) is 11.8 Å². The van der Waals surface area contributed by atoms with Crippen LogP contribution in [0.3, 0.4) is 0 Å². The van der Waals surface area contributed by atoms with Crippen molar-refractivity contribution in [3.63, 3.8) is 0 Å². The zero-order valence-electron chi connectivity index (χ0n) is 16.6. The molecule has 0 radical (unpaired) electrons. The fraction of sp³-hybridized carbons (Fsp3) is 0.190. The lowest BCUT2D eigenvalue weighted by molar-refractivity contribution is -0.117. The summed E-state index contributed by atoms with van der Waals surface area (Å²) in [5, 5.41) is 14.4. The van der Waals surface area contributed by atoms with Gasteiger partial charge >= 0.3 is 6.03 Å². The van der Waals surface area contributed by atoms with Crippen molar-refractivity contribution < 1.29 is 14.3 Å². The predicted octanol–water partition coefficient (Wildman–Crippen LogP) is 1.82. The van der Waals surface area contributed by atoms with E-state index in [9.17, 15) is 14.4 Å². The number of urea groups is 1. The van der Waals surface area contributed by atoms with Gasteiger partial charge in [0.05, 0.1) is 40.6 Å². The third-order valence-electron chi connectivity index (χ3n) is 4.18. The molecule has 9 nitrogen and oxygen atoms in total. The van der Waals surface area contributed by atoms with Crippen LogP contribution < -0.4 is 16.2 Å². The van der Waals surface area contributed by atoms with Crippen molar-refractivity contribution in [2.45, 2.75) is 5.16 Å². The van der Waals surface area contributed by atoms with E-state index in [-0.39, 0.29) is 17.9 Å². The molecule has 10 heteroatoms. The van der Waals surface area contributed by atoms with Crippen LogP contribution in [0.5, 0.6) is 0 Å². The average Bonchev–Trinajstić information content (AvgIpc) is 2.78. The Hall–Kier alpha value is -3.68. The number of thioether (sulfide) groups is 1. The molecule has 158 valence electrons. The van der Waals surface area contributed by atoms with Gasteiger partial charge in [-0.25, -0.2) is 9.78 Å². The minimum atomic E-state index is -0.626. The molecule has 0 atom stereocenters. The molecule has 0 bridgehead atoms. The van der Waals surface area contributed by atoms with Crippen molar-refractivity contribution in [1.29, 1.82) is 5.26 Å². The van der Waals surface area contributed by atoms with Crippen LogP contribution in [0.1, 0.15) is 5.56 Å². The summed E-state index contributed by atoms with van der Waals surface area (Å²) in [6.07, 6.45) is 0. The van der Waals surface area contributed by atoms with Crippen molar-refractivity contribution in [1.82, 2.24) is 20.2 Å². The van der Waals surface area contributed by atoms with Crippen molar-refractivity contribution in [2.75, 3.05) is 26.0 Å². The molecule has 2 N–H and O–H groups in total. The highest BCUT2D eigenvalue weighted by Gasteiger charge is 2.15. The molecule has 0 saturated carbocycles. The molecule has 0 spiro atoms. The number of nitrogens with one attached hydrogen (secondary N) is 2. The number of amides is 3. The Bertz CT molecular complexity index is 1200. The number of benzene rings is 2. The van der Waals surface area contributed by atoms with E-state index >= 15 is 0 Å². The van der Waals surface area contributed by atoms with Crippen molar-refractivity contribution in [3.8, 4) is 11.8 Å². The topological polar surface area (TPSA) is 126 Å². The largest absolute Gasteiger partial charge is 0.383 e. The molecule has 3 aromatic rings. The molecule has 0 aliphatic rings. The number of carbonyl (C=O) groups is 2.